The van der Waals surface area contributed by atoms with Crippen molar-refractivity contribution < 1.29 is 33.3 Å². The molecule has 0 aromatic heterocycles. The van der Waals surface area contributed by atoms with E-state index < -0.39 is 6.09 Å². The van der Waals surface area contributed by atoms with E-state index in [2.05, 4.69) is 29.6 Å². The van der Waals surface area contributed by atoms with E-state index in [-0.39, 0.29) is 18.5 Å². The fraction of sp³-hybridized carbons (Fsp3) is 0.462. The van der Waals surface area contributed by atoms with Crippen molar-refractivity contribution >= 4 is 12.1 Å². The first-order valence-electron chi connectivity index (χ1n) is 11.6. The van der Waals surface area contributed by atoms with Crippen LogP contribution in [0.4, 0.5) is 4.79 Å². The zero-order valence-corrected chi connectivity index (χ0v) is 19.6. The zero-order valence-electron chi connectivity index (χ0n) is 19.6. The molecule has 1 aliphatic carbocycles. The molecule has 0 atom stereocenters. The molecular weight excluding hydrogens is 438 g/mol. The number of benzene rings is 2. The maximum absolute atomic E-state index is 12.1. The number of carbonyl (C=O) groups excluding carboxylic acids is 2. The molecule has 0 radical (unpaired) electrons. The van der Waals surface area contributed by atoms with Crippen LogP contribution >= 0.6 is 0 Å². The van der Waals surface area contributed by atoms with Crippen LogP contribution in [0.2, 0.25) is 0 Å². The predicted molar refractivity (Wildman–Crippen MR) is 127 cm³/mol. The Bertz CT molecular complexity index is 872. The molecule has 184 valence electrons. The number of fused-ring (bicyclic) bond motifs is 3. The summed E-state index contributed by atoms with van der Waals surface area (Å²) in [5, 5.41) is 2.78. The third kappa shape index (κ3) is 8.13. The van der Waals surface area contributed by atoms with Crippen molar-refractivity contribution in [2.45, 2.75) is 19.3 Å². The van der Waals surface area contributed by atoms with E-state index in [1.165, 1.54) is 29.2 Å². The topological polar surface area (TPSA) is 92.3 Å². The Kier molecular flexibility index (Phi) is 10.8. The normalized spacial score (nSPS) is 12.1. The van der Waals surface area contributed by atoms with Crippen molar-refractivity contribution in [1.29, 1.82) is 0 Å². The third-order valence-corrected chi connectivity index (χ3v) is 5.36. The van der Waals surface area contributed by atoms with E-state index in [4.69, 9.17) is 23.7 Å². The molecule has 3 rings (SSSR count). The number of amides is 1. The Morgan fingerprint density at radius 3 is 1.85 bits per heavy atom. The van der Waals surface area contributed by atoms with E-state index in [0.717, 1.165) is 0 Å². The van der Waals surface area contributed by atoms with E-state index in [1.54, 1.807) is 0 Å². The third-order valence-electron chi connectivity index (χ3n) is 5.36. The van der Waals surface area contributed by atoms with Crippen LogP contribution in [-0.4, -0.2) is 71.5 Å². The minimum atomic E-state index is -0.418. The lowest BCUT2D eigenvalue weighted by Gasteiger charge is -2.14. The van der Waals surface area contributed by atoms with Gasteiger partial charge in [-0.3, -0.25) is 4.79 Å². The van der Waals surface area contributed by atoms with Crippen molar-refractivity contribution in [1.82, 2.24) is 5.32 Å². The van der Waals surface area contributed by atoms with Gasteiger partial charge >= 0.3 is 12.1 Å². The van der Waals surface area contributed by atoms with Crippen LogP contribution in [0.1, 0.15) is 30.4 Å². The quantitative estimate of drug-likeness (QED) is 0.314. The number of alkyl carbamates (subject to hydrolysis) is 1. The average molecular weight is 472 g/mol. The summed E-state index contributed by atoms with van der Waals surface area (Å²) in [5.74, 6) is -0.258. The number of nitrogens with one attached hydrogen (secondary N) is 1. The molecule has 2 aromatic carbocycles. The standard InChI is InChI=1S/C26H33NO7/c1-20(28)33-18-17-32-16-15-31-14-13-30-12-6-11-27-26(29)34-19-25-23-9-4-2-7-21(23)22-8-3-5-10-24(22)25/h2-5,7-10,25H,6,11-19H2,1H3,(H,27,29). The van der Waals surface area contributed by atoms with Gasteiger partial charge in [0.2, 0.25) is 0 Å². The van der Waals surface area contributed by atoms with E-state index >= 15 is 0 Å². The van der Waals surface area contributed by atoms with Gasteiger partial charge in [0.1, 0.15) is 13.2 Å². The van der Waals surface area contributed by atoms with Gasteiger partial charge in [-0.05, 0) is 28.7 Å². The van der Waals surface area contributed by atoms with Gasteiger partial charge in [-0.15, -0.1) is 0 Å². The summed E-state index contributed by atoms with van der Waals surface area (Å²) in [6, 6.07) is 16.5. The minimum absolute atomic E-state index is 0.0563. The Morgan fingerprint density at radius 2 is 1.26 bits per heavy atom. The predicted octanol–water partition coefficient (Wildman–Crippen LogP) is 3.53. The number of rotatable bonds is 15. The average Bonchev–Trinajstić information content (AvgIpc) is 3.16. The number of hydrogen-bond acceptors (Lipinski definition) is 7. The van der Waals surface area contributed by atoms with E-state index in [0.29, 0.717) is 59.2 Å². The van der Waals surface area contributed by atoms with Crippen LogP contribution in [-0.2, 0) is 28.5 Å². The Morgan fingerprint density at radius 1 is 0.735 bits per heavy atom. The molecule has 1 N–H and O–H groups in total. The van der Waals surface area contributed by atoms with E-state index in [1.807, 2.05) is 24.3 Å². The van der Waals surface area contributed by atoms with Crippen molar-refractivity contribution in [3.05, 3.63) is 59.7 Å². The monoisotopic (exact) mass is 471 g/mol. The first-order valence-corrected chi connectivity index (χ1v) is 11.6. The maximum Gasteiger partial charge on any atom is 0.407 e. The molecule has 8 nitrogen and oxygen atoms in total. The largest absolute Gasteiger partial charge is 0.463 e. The van der Waals surface area contributed by atoms with Crippen LogP contribution in [0.5, 0.6) is 0 Å². The van der Waals surface area contributed by atoms with Gasteiger partial charge in [-0.2, -0.15) is 0 Å². The van der Waals surface area contributed by atoms with Crippen LogP contribution in [0.3, 0.4) is 0 Å². The summed E-state index contributed by atoms with van der Waals surface area (Å²) in [6.07, 6.45) is 0.266. The van der Waals surface area contributed by atoms with Gasteiger partial charge in [-0.1, -0.05) is 48.5 Å². The molecule has 2 aromatic rings. The maximum atomic E-state index is 12.1. The summed E-state index contributed by atoms with van der Waals surface area (Å²) in [6.45, 7) is 5.10. The first-order chi connectivity index (χ1) is 16.7. The van der Waals surface area contributed by atoms with Crippen molar-refractivity contribution in [3.63, 3.8) is 0 Å². The van der Waals surface area contributed by atoms with Gasteiger partial charge in [0.25, 0.3) is 0 Å². The fourth-order valence-corrected chi connectivity index (χ4v) is 3.80. The molecule has 0 fully saturated rings. The van der Waals surface area contributed by atoms with Crippen molar-refractivity contribution in [2.24, 2.45) is 0 Å². The van der Waals surface area contributed by atoms with Crippen molar-refractivity contribution in [3.8, 4) is 11.1 Å². The van der Waals surface area contributed by atoms with Crippen LogP contribution < -0.4 is 5.32 Å². The highest BCUT2D eigenvalue weighted by molar-refractivity contribution is 5.79. The zero-order chi connectivity index (χ0) is 24.0. The number of hydrogen-bond donors (Lipinski definition) is 1. The number of esters is 1. The molecule has 0 heterocycles. The second-order valence-electron chi connectivity index (χ2n) is 7.78. The second kappa shape index (κ2) is 14.3. The molecule has 0 bridgehead atoms. The van der Waals surface area contributed by atoms with Crippen LogP contribution in [0.25, 0.3) is 11.1 Å². The molecule has 1 aliphatic rings. The lowest BCUT2D eigenvalue weighted by molar-refractivity contribution is -0.142. The molecule has 0 spiro atoms. The van der Waals surface area contributed by atoms with Gasteiger partial charge in [-0.25, -0.2) is 4.79 Å². The summed E-state index contributed by atoms with van der Waals surface area (Å²) < 4.78 is 26.4. The van der Waals surface area contributed by atoms with Gasteiger partial charge in [0.15, 0.2) is 0 Å². The second-order valence-corrected chi connectivity index (χ2v) is 7.78. The molecule has 0 aliphatic heterocycles. The molecule has 0 saturated carbocycles. The Hall–Kier alpha value is -2.94. The lowest BCUT2D eigenvalue weighted by Crippen LogP contribution is -2.27. The Balaban J connectivity index is 1.19. The fourth-order valence-electron chi connectivity index (χ4n) is 3.80. The highest BCUT2D eigenvalue weighted by Crippen LogP contribution is 2.44. The minimum Gasteiger partial charge on any atom is -0.463 e. The number of ether oxygens (including phenoxy) is 5. The molecule has 0 saturated heterocycles. The summed E-state index contributed by atoms with van der Waals surface area (Å²) in [5.41, 5.74) is 4.81. The van der Waals surface area contributed by atoms with Crippen LogP contribution in [0.15, 0.2) is 48.5 Å². The van der Waals surface area contributed by atoms with Crippen molar-refractivity contribution in [2.75, 3.05) is 59.4 Å². The highest BCUT2D eigenvalue weighted by atomic mass is 16.6. The first kappa shape index (κ1) is 25.7. The Labute approximate surface area is 200 Å². The lowest BCUT2D eigenvalue weighted by atomic mass is 9.98. The molecule has 0 unspecified atom stereocenters. The van der Waals surface area contributed by atoms with Crippen LogP contribution in [0, 0.1) is 0 Å². The molecule has 1 amide bonds. The summed E-state index contributed by atoms with van der Waals surface area (Å²) in [4.78, 5) is 22.7. The van der Waals surface area contributed by atoms with Gasteiger partial charge in [0, 0.05) is 26.0 Å². The number of carbonyl (C=O) groups is 2. The van der Waals surface area contributed by atoms with Gasteiger partial charge < -0.3 is 29.0 Å². The highest BCUT2D eigenvalue weighted by Gasteiger charge is 2.28. The van der Waals surface area contributed by atoms with Gasteiger partial charge in [0.05, 0.1) is 33.0 Å². The van der Waals surface area contributed by atoms with E-state index in [9.17, 15) is 9.59 Å². The molecular formula is C26H33NO7. The SMILES string of the molecule is CC(=O)OCCOCCOCCOCCCNC(=O)OCC1c2ccccc2-c2ccccc21. The summed E-state index contributed by atoms with van der Waals surface area (Å²) in [7, 11) is 0. The molecule has 8 heteroatoms. The summed E-state index contributed by atoms with van der Waals surface area (Å²) >= 11 is 0. The molecule has 34 heavy (non-hydrogen) atoms. The smallest absolute Gasteiger partial charge is 0.407 e.